The molecule has 0 aromatic heterocycles. The number of carbonyl (C=O) groups is 2. The topological polar surface area (TPSA) is 111 Å². The molecule has 72 heavy (non-hydrogen) atoms. The van der Waals surface area contributed by atoms with E-state index in [0.717, 1.165) is 114 Å². The number of esters is 2. The molecule has 2 saturated carbocycles. The van der Waals surface area contributed by atoms with Crippen molar-refractivity contribution < 1.29 is 23.5 Å². The third kappa shape index (κ3) is 7.42. The number of rotatable bonds is 9. The van der Waals surface area contributed by atoms with Gasteiger partial charge in [0.1, 0.15) is 12.2 Å². The third-order valence-corrected chi connectivity index (χ3v) is 21.5. The van der Waals surface area contributed by atoms with Gasteiger partial charge in [-0.2, -0.15) is 0 Å². The fraction of sp³-hybridized carbons (Fsp3) is 0.323. The molecule has 6 aromatic rings. The van der Waals surface area contributed by atoms with Gasteiger partial charge in [-0.05, 0) is 146 Å². The predicted molar refractivity (Wildman–Crippen MR) is 284 cm³/mol. The zero-order valence-corrected chi connectivity index (χ0v) is 43.3. The standard InChI is InChI=1S/C62H60N4O5Si/c1-35-51-36(2)57(65-50(51)34-47-45-22-14-16-24-48(45)63-55(35)47)60(67)69-40-30-32-41(33-31-40)70-61(68)58-38(4)52-37(3)56-54(46-23-15-17-25-49(46)64-56)53(59(52)66-58)39-26-28-42(29-27-39)71-72(62(5,6)7,43-18-10-8-11-19-43)44-20-12-9-13-21-44/h8-25,34,39-42H,26-33H2,1-7H3/t39-,40-,41+,42+. The molecule has 2 fully saturated rings. The summed E-state index contributed by atoms with van der Waals surface area (Å²) in [5.41, 5.74) is 13.9. The molecule has 0 N–H and O–H groups in total. The molecule has 0 radical (unpaired) electrons. The summed E-state index contributed by atoms with van der Waals surface area (Å²) in [7, 11) is -2.74. The summed E-state index contributed by atoms with van der Waals surface area (Å²) < 4.78 is 20.1. The highest BCUT2D eigenvalue weighted by Gasteiger charge is 2.52. The maximum Gasteiger partial charge on any atom is 0.357 e. The van der Waals surface area contributed by atoms with Crippen LogP contribution >= 0.6 is 0 Å². The Kier molecular flexibility index (Phi) is 11.4. The lowest BCUT2D eigenvalue weighted by Gasteiger charge is -2.46. The van der Waals surface area contributed by atoms with Gasteiger partial charge in [0.05, 0.1) is 32.8 Å². The van der Waals surface area contributed by atoms with Crippen molar-refractivity contribution in [3.63, 3.8) is 0 Å². The smallest absolute Gasteiger partial charge is 0.357 e. The third-order valence-electron chi connectivity index (χ3n) is 16.4. The highest BCUT2D eigenvalue weighted by molar-refractivity contribution is 6.99. The van der Waals surface area contributed by atoms with E-state index in [1.165, 1.54) is 15.9 Å². The van der Waals surface area contributed by atoms with Crippen molar-refractivity contribution >= 4 is 53.2 Å². The van der Waals surface area contributed by atoms with Gasteiger partial charge in [-0.25, -0.2) is 29.6 Å². The van der Waals surface area contributed by atoms with E-state index in [9.17, 15) is 9.59 Å². The van der Waals surface area contributed by atoms with Gasteiger partial charge in [0.15, 0.2) is 11.4 Å². The molecule has 0 unspecified atom stereocenters. The number of carbonyl (C=O) groups excluding carboxylic acids is 2. The van der Waals surface area contributed by atoms with Crippen LogP contribution in [0.25, 0.3) is 33.4 Å². The summed E-state index contributed by atoms with van der Waals surface area (Å²) in [5, 5.41) is 6.06. The molecular weight excluding hydrogens is 909 g/mol. The Morgan fingerprint density at radius 2 is 0.986 bits per heavy atom. The number of benzene rings is 6. The second kappa shape index (κ2) is 17.7. The number of para-hydroxylation sites is 2. The molecule has 0 spiro atoms. The number of hydrogen-bond acceptors (Lipinski definition) is 9. The molecule has 10 heteroatoms. The second-order valence-electron chi connectivity index (χ2n) is 21.7. The van der Waals surface area contributed by atoms with Crippen molar-refractivity contribution in [3.8, 4) is 22.3 Å². The van der Waals surface area contributed by atoms with Gasteiger partial charge in [-0.3, -0.25) is 0 Å². The molecule has 6 aromatic carbocycles. The zero-order valence-electron chi connectivity index (χ0n) is 42.3. The van der Waals surface area contributed by atoms with Crippen LogP contribution in [0.15, 0.2) is 147 Å². The predicted octanol–water partition coefficient (Wildman–Crippen LogP) is 10.6. The molecule has 4 heterocycles. The van der Waals surface area contributed by atoms with Gasteiger partial charge in [0, 0.05) is 39.5 Å². The molecule has 0 amide bonds. The Morgan fingerprint density at radius 3 is 1.58 bits per heavy atom. The van der Waals surface area contributed by atoms with E-state index >= 15 is 0 Å². The Morgan fingerprint density at radius 1 is 0.500 bits per heavy atom. The summed E-state index contributed by atoms with van der Waals surface area (Å²) >= 11 is 0. The van der Waals surface area contributed by atoms with Crippen LogP contribution in [0.3, 0.4) is 0 Å². The molecular formula is C62H60N4O5Si. The first-order valence-corrected chi connectivity index (χ1v) is 27.8. The number of nitrogens with zero attached hydrogens (tertiary/aromatic N) is 4. The maximum atomic E-state index is 14.4. The van der Waals surface area contributed by atoms with E-state index in [1.54, 1.807) is 0 Å². The van der Waals surface area contributed by atoms with E-state index in [-0.39, 0.29) is 29.3 Å². The van der Waals surface area contributed by atoms with Gasteiger partial charge in [-0.15, -0.1) is 0 Å². The monoisotopic (exact) mass is 968 g/mol. The van der Waals surface area contributed by atoms with E-state index in [1.807, 2.05) is 38.1 Å². The first kappa shape index (κ1) is 46.2. The molecule has 4 aliphatic heterocycles. The highest BCUT2D eigenvalue weighted by atomic mass is 28.4. The molecule has 0 saturated heterocycles. The molecule has 362 valence electrons. The number of fused-ring (bicyclic) bond motifs is 8. The molecule has 2 aliphatic carbocycles. The van der Waals surface area contributed by atoms with Crippen molar-refractivity contribution in [2.75, 3.05) is 0 Å². The van der Waals surface area contributed by atoms with E-state index in [4.69, 9.17) is 33.9 Å². The quantitative estimate of drug-likeness (QED) is 0.106. The van der Waals surface area contributed by atoms with Crippen LogP contribution in [0.2, 0.25) is 5.04 Å². The van der Waals surface area contributed by atoms with Crippen LogP contribution in [-0.4, -0.2) is 38.6 Å². The van der Waals surface area contributed by atoms with Crippen LogP contribution in [0, 0.1) is 13.8 Å². The van der Waals surface area contributed by atoms with Gasteiger partial charge < -0.3 is 13.9 Å². The fourth-order valence-electron chi connectivity index (χ4n) is 12.9. The van der Waals surface area contributed by atoms with E-state index in [0.29, 0.717) is 37.1 Å². The Hall–Kier alpha value is -6.88. The zero-order chi connectivity index (χ0) is 49.6. The van der Waals surface area contributed by atoms with E-state index in [2.05, 4.69) is 126 Å². The van der Waals surface area contributed by atoms with Gasteiger partial charge >= 0.3 is 11.9 Å². The summed E-state index contributed by atoms with van der Waals surface area (Å²) in [6.45, 7) is 15.2. The van der Waals surface area contributed by atoms with Crippen molar-refractivity contribution in [1.29, 1.82) is 0 Å². The van der Waals surface area contributed by atoms with Crippen molar-refractivity contribution in [3.05, 3.63) is 176 Å². The minimum atomic E-state index is -2.74. The average Bonchev–Trinajstić information content (AvgIpc) is 4.15. The second-order valence-corrected chi connectivity index (χ2v) is 25.9. The van der Waals surface area contributed by atoms with Gasteiger partial charge in [-0.1, -0.05) is 118 Å². The van der Waals surface area contributed by atoms with E-state index < -0.39 is 20.3 Å². The lowest BCUT2D eigenvalue weighted by Crippen LogP contribution is -2.67. The number of ether oxygens (including phenoxy) is 2. The van der Waals surface area contributed by atoms with Crippen LogP contribution in [0.5, 0.6) is 0 Å². The van der Waals surface area contributed by atoms with Crippen LogP contribution in [-0.2, 0) is 23.5 Å². The minimum absolute atomic E-state index is 0.0915. The summed E-state index contributed by atoms with van der Waals surface area (Å²) in [4.78, 5) is 48.4. The van der Waals surface area contributed by atoms with Crippen LogP contribution < -0.4 is 31.8 Å². The largest absolute Gasteiger partial charge is 0.458 e. The number of allylic oxidation sites excluding steroid dienone is 2. The van der Waals surface area contributed by atoms with Crippen molar-refractivity contribution in [2.24, 2.45) is 20.0 Å². The molecule has 12 rings (SSSR count). The lowest BCUT2D eigenvalue weighted by molar-refractivity contribution is -0.153. The Bertz CT molecular complexity index is 3560. The Balaban J connectivity index is 0.767. The SMILES string of the molecule is CC1=C(C(=O)O[C@H]2CC[C@@H](OC(=O)C3=C(C)c4c(C)c5c(c([C@H]6CC[C@@H](O[Si](c7ccccc7)(c7ccccc7)C(C)(C)C)CC6)c4=N3)-c3ccccc3N=5)CC2)N=c2cc3c(c(C)c21)=Nc1ccccc1-3. The summed E-state index contributed by atoms with van der Waals surface area (Å²) in [6.07, 6.45) is 5.49. The van der Waals surface area contributed by atoms with Crippen LogP contribution in [0.4, 0.5) is 11.4 Å². The molecule has 6 aliphatic rings. The van der Waals surface area contributed by atoms with Crippen molar-refractivity contribution in [1.82, 2.24) is 0 Å². The number of hydrogen-bond donors (Lipinski definition) is 0. The average molecular weight is 969 g/mol. The molecule has 0 atom stereocenters. The minimum Gasteiger partial charge on any atom is -0.458 e. The fourth-order valence-corrected chi connectivity index (χ4v) is 17.6. The van der Waals surface area contributed by atoms with Crippen molar-refractivity contribution in [2.45, 2.75) is 129 Å². The first-order valence-electron chi connectivity index (χ1n) is 25.9. The first-order chi connectivity index (χ1) is 34.8. The highest BCUT2D eigenvalue weighted by Crippen LogP contribution is 2.45. The maximum absolute atomic E-state index is 14.4. The van der Waals surface area contributed by atoms with Crippen LogP contribution in [0.1, 0.15) is 120 Å². The molecule has 0 bridgehead atoms. The normalized spacial score (nSPS) is 20.5. The summed E-state index contributed by atoms with van der Waals surface area (Å²) in [6, 6.07) is 40.4. The lowest BCUT2D eigenvalue weighted by atomic mass is 9.78. The van der Waals surface area contributed by atoms with Gasteiger partial charge in [0.2, 0.25) is 0 Å². The van der Waals surface area contributed by atoms with Gasteiger partial charge in [0.25, 0.3) is 8.32 Å². The molecule has 9 nitrogen and oxygen atoms in total. The Labute approximate surface area is 422 Å². The summed E-state index contributed by atoms with van der Waals surface area (Å²) in [5.74, 6) is -0.631.